The van der Waals surface area contributed by atoms with E-state index in [-0.39, 0.29) is 34.4 Å². The van der Waals surface area contributed by atoms with Gasteiger partial charge >= 0.3 is 12.1 Å². The molecule has 0 saturated heterocycles. The zero-order valence-corrected chi connectivity index (χ0v) is 15.5. The van der Waals surface area contributed by atoms with Crippen molar-refractivity contribution in [2.45, 2.75) is 6.92 Å². The number of anilines is 1. The first kappa shape index (κ1) is 20.8. The van der Waals surface area contributed by atoms with E-state index in [4.69, 9.17) is 9.47 Å². The summed E-state index contributed by atoms with van der Waals surface area (Å²) in [5, 5.41) is 10.1. The van der Waals surface area contributed by atoms with Crippen LogP contribution in [0.2, 0.25) is 0 Å². The van der Waals surface area contributed by atoms with E-state index in [1.54, 1.807) is 6.92 Å². The number of rotatable bonds is 6. The number of esters is 1. The van der Waals surface area contributed by atoms with Gasteiger partial charge in [0.25, 0.3) is 0 Å². The fourth-order valence-corrected chi connectivity index (χ4v) is 2.31. The molecule has 0 saturated carbocycles. The summed E-state index contributed by atoms with van der Waals surface area (Å²) in [6, 6.07) is 5.47. The van der Waals surface area contributed by atoms with Gasteiger partial charge in [0, 0.05) is 17.2 Å². The fourth-order valence-electron chi connectivity index (χ4n) is 2.31. The minimum absolute atomic E-state index is 0.0467. The third kappa shape index (κ3) is 4.83. The second-order valence-electron chi connectivity index (χ2n) is 5.36. The number of methoxy groups -OCH3 is 2. The Morgan fingerprint density at radius 3 is 2.64 bits per heavy atom. The number of carbonyl (C=O) groups is 2. The molecular weight excluding hydrogens is 371 g/mol. The number of carbonyl (C=O) groups excluding carboxylic acids is 2. The van der Waals surface area contributed by atoms with Crippen molar-refractivity contribution in [1.29, 1.82) is 0 Å². The fraction of sp³-hybridized carbons (Fsp3) is 0.211. The number of hydrogen-bond donors (Lipinski definition) is 1. The number of benzene rings is 1. The zero-order chi connectivity index (χ0) is 20.7. The quantitative estimate of drug-likeness (QED) is 0.349. The highest BCUT2D eigenvalue weighted by Gasteiger charge is 2.19. The number of hydroxylamine groups is 1. The highest BCUT2D eigenvalue weighted by molar-refractivity contribution is 5.88. The molecule has 1 amide bonds. The van der Waals surface area contributed by atoms with E-state index in [9.17, 15) is 19.2 Å². The smallest absolute Gasteiger partial charge is 0.438 e. The molecule has 0 spiro atoms. The second kappa shape index (κ2) is 9.47. The highest BCUT2D eigenvalue weighted by atomic mass is 19.1. The van der Waals surface area contributed by atoms with Crippen LogP contribution in [0, 0.1) is 5.82 Å². The van der Waals surface area contributed by atoms with E-state index < -0.39 is 17.9 Å². The molecule has 28 heavy (non-hydrogen) atoms. The van der Waals surface area contributed by atoms with Gasteiger partial charge in [0.05, 0.1) is 32.7 Å². The topological polar surface area (TPSA) is 98.2 Å². The summed E-state index contributed by atoms with van der Waals surface area (Å²) in [5.41, 5.74) is 0.752. The molecule has 1 aromatic carbocycles. The van der Waals surface area contributed by atoms with Gasteiger partial charge in [-0.1, -0.05) is 6.07 Å². The molecule has 1 N–H and O–H groups in total. The molecular formula is C19H19FN2O6. The first-order valence-electron chi connectivity index (χ1n) is 8.17. The summed E-state index contributed by atoms with van der Waals surface area (Å²) in [6.45, 7) is 1.93. The van der Waals surface area contributed by atoms with Crippen molar-refractivity contribution in [1.82, 2.24) is 4.98 Å². The molecule has 0 aliphatic rings. The van der Waals surface area contributed by atoms with Crippen LogP contribution in [0.5, 0.6) is 5.88 Å². The van der Waals surface area contributed by atoms with Crippen molar-refractivity contribution in [3.63, 3.8) is 0 Å². The first-order chi connectivity index (χ1) is 13.4. The maximum Gasteiger partial charge on any atom is 0.438 e. The van der Waals surface area contributed by atoms with Gasteiger partial charge < -0.3 is 14.2 Å². The maximum atomic E-state index is 14.5. The van der Waals surface area contributed by atoms with Gasteiger partial charge in [-0.05, 0) is 36.8 Å². The highest BCUT2D eigenvalue weighted by Crippen LogP contribution is 2.34. The molecule has 0 bridgehead atoms. The Hall–Kier alpha value is -3.46. The van der Waals surface area contributed by atoms with E-state index in [0.717, 1.165) is 7.11 Å². The average Bonchev–Trinajstić information content (AvgIpc) is 2.71. The van der Waals surface area contributed by atoms with Crippen LogP contribution in [0.25, 0.3) is 17.2 Å². The summed E-state index contributed by atoms with van der Waals surface area (Å²) in [5.74, 6) is -1.04. The molecule has 0 aliphatic heterocycles. The normalized spacial score (nSPS) is 10.6. The van der Waals surface area contributed by atoms with Crippen LogP contribution in [0.1, 0.15) is 12.5 Å². The van der Waals surface area contributed by atoms with Crippen molar-refractivity contribution in [3.05, 3.63) is 47.9 Å². The van der Waals surface area contributed by atoms with Crippen LogP contribution in [-0.4, -0.2) is 43.1 Å². The third-order valence-corrected chi connectivity index (χ3v) is 3.60. The predicted octanol–water partition coefficient (Wildman–Crippen LogP) is 3.43. The number of hydrogen-bond acceptors (Lipinski definition) is 7. The van der Waals surface area contributed by atoms with Crippen LogP contribution in [0.4, 0.5) is 14.9 Å². The van der Waals surface area contributed by atoms with Gasteiger partial charge in [-0.25, -0.2) is 19.0 Å². The minimum Gasteiger partial charge on any atom is -0.481 e. The lowest BCUT2D eigenvalue weighted by atomic mass is 10.0. The Morgan fingerprint density at radius 1 is 1.25 bits per heavy atom. The number of ether oxygens (including phenoxy) is 3. The maximum absolute atomic E-state index is 14.5. The van der Waals surface area contributed by atoms with Crippen molar-refractivity contribution < 1.29 is 33.4 Å². The van der Waals surface area contributed by atoms with Crippen molar-refractivity contribution in [2.24, 2.45) is 0 Å². The average molecular weight is 390 g/mol. The Bertz CT molecular complexity index is 900. The number of nitrogens with zero attached hydrogens (tertiary/aromatic N) is 2. The van der Waals surface area contributed by atoms with Gasteiger partial charge in [0.2, 0.25) is 5.88 Å². The number of amides is 1. The van der Waals surface area contributed by atoms with Gasteiger partial charge in [-0.3, -0.25) is 5.21 Å². The molecule has 2 rings (SSSR count). The largest absolute Gasteiger partial charge is 0.481 e. The molecule has 8 nitrogen and oxygen atoms in total. The molecule has 0 unspecified atom stereocenters. The monoisotopic (exact) mass is 390 g/mol. The Balaban J connectivity index is 2.49. The molecule has 0 aliphatic carbocycles. The van der Waals surface area contributed by atoms with Crippen LogP contribution >= 0.6 is 0 Å². The van der Waals surface area contributed by atoms with E-state index in [2.05, 4.69) is 9.72 Å². The molecule has 1 heterocycles. The summed E-state index contributed by atoms with van der Waals surface area (Å²) >= 11 is 0. The van der Waals surface area contributed by atoms with Crippen LogP contribution in [-0.2, 0) is 14.3 Å². The Kier molecular flexibility index (Phi) is 7.05. The van der Waals surface area contributed by atoms with Crippen LogP contribution in [0.3, 0.4) is 0 Å². The summed E-state index contributed by atoms with van der Waals surface area (Å²) < 4.78 is 28.9. The Labute approximate surface area is 160 Å². The lowest BCUT2D eigenvalue weighted by Gasteiger charge is -2.16. The first-order valence-corrected chi connectivity index (χ1v) is 8.17. The number of aromatic nitrogens is 1. The molecule has 1 aromatic heterocycles. The predicted molar refractivity (Wildman–Crippen MR) is 98.5 cm³/mol. The number of halogens is 1. The van der Waals surface area contributed by atoms with Crippen LogP contribution in [0.15, 0.2) is 36.5 Å². The van der Waals surface area contributed by atoms with E-state index in [1.807, 2.05) is 0 Å². The second-order valence-corrected chi connectivity index (χ2v) is 5.36. The van der Waals surface area contributed by atoms with E-state index in [1.165, 1.54) is 49.7 Å². The molecule has 2 aromatic rings. The SMILES string of the molecule is CCOC(=O)/C=C/c1ccc(F)c(-c2cc(N(O)C(=O)OC)cnc2OC)c1. The van der Waals surface area contributed by atoms with E-state index in [0.29, 0.717) is 5.56 Å². The molecule has 9 heteroatoms. The van der Waals surface area contributed by atoms with Gasteiger partial charge in [0.1, 0.15) is 5.82 Å². The third-order valence-electron chi connectivity index (χ3n) is 3.60. The van der Waals surface area contributed by atoms with Gasteiger partial charge in [-0.2, -0.15) is 5.06 Å². The lowest BCUT2D eigenvalue weighted by molar-refractivity contribution is -0.137. The molecule has 0 radical (unpaired) electrons. The zero-order valence-electron chi connectivity index (χ0n) is 15.5. The summed E-state index contributed by atoms with van der Waals surface area (Å²) in [6.07, 6.45) is 2.82. The van der Waals surface area contributed by atoms with Gasteiger partial charge in [0.15, 0.2) is 0 Å². The van der Waals surface area contributed by atoms with E-state index >= 15 is 0 Å². The standard InChI is InChI=1S/C19H19FN2O6/c1-4-28-17(23)8-6-12-5-7-16(20)14(9-12)15-10-13(11-21-18(15)26-2)22(25)19(24)27-3/h5-11,25H,4H2,1-3H3/b8-6+. The van der Waals surface area contributed by atoms with Crippen molar-refractivity contribution >= 4 is 23.8 Å². The summed E-state index contributed by atoms with van der Waals surface area (Å²) in [4.78, 5) is 27.0. The van der Waals surface area contributed by atoms with Gasteiger partial charge in [-0.15, -0.1) is 0 Å². The van der Waals surface area contributed by atoms with Crippen molar-refractivity contribution in [2.75, 3.05) is 25.9 Å². The lowest BCUT2D eigenvalue weighted by Crippen LogP contribution is -2.26. The number of pyridine rings is 1. The summed E-state index contributed by atoms with van der Waals surface area (Å²) in [7, 11) is 2.45. The minimum atomic E-state index is -1.04. The molecule has 148 valence electrons. The van der Waals surface area contributed by atoms with Crippen LogP contribution < -0.4 is 9.80 Å². The molecule has 0 fully saturated rings. The molecule has 0 atom stereocenters. The van der Waals surface area contributed by atoms with Crippen molar-refractivity contribution in [3.8, 4) is 17.0 Å². The Morgan fingerprint density at radius 2 is 2.00 bits per heavy atom.